The van der Waals surface area contributed by atoms with Gasteiger partial charge < -0.3 is 0 Å². The normalized spacial score (nSPS) is 12.6. The molecule has 0 saturated carbocycles. The number of hydrogen-bond acceptors (Lipinski definition) is 4. The van der Waals surface area contributed by atoms with Crippen LogP contribution >= 0.6 is 15.9 Å². The van der Waals surface area contributed by atoms with Crippen molar-refractivity contribution in [2.45, 2.75) is 25.9 Å². The summed E-state index contributed by atoms with van der Waals surface area (Å²) in [7, 11) is 0. The van der Waals surface area contributed by atoms with Crippen LogP contribution in [0.25, 0.3) is 0 Å². The molecule has 0 saturated heterocycles. The van der Waals surface area contributed by atoms with Crippen molar-refractivity contribution in [1.82, 2.24) is 20.4 Å². The molecule has 0 radical (unpaired) electrons. The third-order valence-electron chi connectivity index (χ3n) is 2.83. The summed E-state index contributed by atoms with van der Waals surface area (Å²) < 4.78 is 16.4. The molecule has 102 valence electrons. The second-order valence-corrected chi connectivity index (χ2v) is 4.97. The first-order valence-corrected chi connectivity index (χ1v) is 6.76. The van der Waals surface area contributed by atoms with E-state index in [9.17, 15) is 4.39 Å². The van der Waals surface area contributed by atoms with Crippen molar-refractivity contribution in [3.8, 4) is 0 Å². The van der Waals surface area contributed by atoms with Crippen LogP contribution in [0, 0.1) is 5.82 Å². The molecule has 5 nitrogen and oxygen atoms in total. The summed E-state index contributed by atoms with van der Waals surface area (Å²) in [5, 5.41) is 7.87. The average Bonchev–Trinajstić information content (AvgIpc) is 2.83. The molecule has 0 spiro atoms. The van der Waals surface area contributed by atoms with Gasteiger partial charge >= 0.3 is 0 Å². The van der Waals surface area contributed by atoms with E-state index in [1.807, 2.05) is 6.92 Å². The summed E-state index contributed by atoms with van der Waals surface area (Å²) in [6.45, 7) is 2.74. The van der Waals surface area contributed by atoms with Crippen LogP contribution in [0.15, 0.2) is 28.9 Å². The van der Waals surface area contributed by atoms with E-state index in [4.69, 9.17) is 5.84 Å². The second kappa shape index (κ2) is 6.23. The van der Waals surface area contributed by atoms with Crippen molar-refractivity contribution < 1.29 is 4.39 Å². The number of nitrogens with one attached hydrogen (secondary N) is 1. The lowest BCUT2D eigenvalue weighted by atomic mass is 10.0. The number of nitrogens with zero attached hydrogens (tertiary/aromatic N) is 3. The van der Waals surface area contributed by atoms with Crippen molar-refractivity contribution in [1.29, 1.82) is 0 Å². The van der Waals surface area contributed by atoms with Gasteiger partial charge in [-0.2, -0.15) is 0 Å². The van der Waals surface area contributed by atoms with Gasteiger partial charge in [0.15, 0.2) is 0 Å². The Balaban J connectivity index is 2.47. The van der Waals surface area contributed by atoms with Gasteiger partial charge in [0.2, 0.25) is 0 Å². The van der Waals surface area contributed by atoms with Gasteiger partial charge in [0.25, 0.3) is 0 Å². The number of halogens is 2. The van der Waals surface area contributed by atoms with Crippen molar-refractivity contribution in [3.05, 3.63) is 45.9 Å². The molecule has 0 aliphatic carbocycles. The van der Waals surface area contributed by atoms with Crippen molar-refractivity contribution in [2.75, 3.05) is 0 Å². The maximum atomic E-state index is 14.0. The topological polar surface area (TPSA) is 68.8 Å². The molecule has 3 N–H and O–H groups in total. The molecular formula is C12H15BrFN5. The van der Waals surface area contributed by atoms with Gasteiger partial charge in [-0.15, -0.1) is 5.10 Å². The first kappa shape index (κ1) is 14.1. The number of hydrazine groups is 1. The lowest BCUT2D eigenvalue weighted by Crippen LogP contribution is -2.31. The minimum atomic E-state index is -0.503. The molecule has 2 aromatic rings. The summed E-state index contributed by atoms with van der Waals surface area (Å²) in [5.74, 6) is 5.26. The monoisotopic (exact) mass is 327 g/mol. The van der Waals surface area contributed by atoms with E-state index in [1.165, 1.54) is 6.07 Å². The van der Waals surface area contributed by atoms with E-state index in [2.05, 4.69) is 31.7 Å². The Morgan fingerprint density at radius 1 is 1.53 bits per heavy atom. The zero-order valence-corrected chi connectivity index (χ0v) is 12.1. The fourth-order valence-electron chi connectivity index (χ4n) is 1.98. The molecule has 0 fully saturated rings. The minimum Gasteiger partial charge on any atom is -0.271 e. The zero-order chi connectivity index (χ0) is 13.8. The smallest absolute Gasteiger partial charge is 0.129 e. The van der Waals surface area contributed by atoms with Gasteiger partial charge in [-0.1, -0.05) is 34.1 Å². The number of aryl methyl sites for hydroxylation is 1. The van der Waals surface area contributed by atoms with Gasteiger partial charge in [-0.05, 0) is 18.6 Å². The average molecular weight is 328 g/mol. The third kappa shape index (κ3) is 2.83. The van der Waals surface area contributed by atoms with Crippen LogP contribution in [-0.2, 0) is 6.54 Å². The van der Waals surface area contributed by atoms with Gasteiger partial charge in [0, 0.05) is 16.6 Å². The molecule has 1 aromatic heterocycles. The Morgan fingerprint density at radius 3 is 2.95 bits per heavy atom. The Bertz CT molecular complexity index is 537. The minimum absolute atomic E-state index is 0.332. The molecule has 0 aliphatic heterocycles. The van der Waals surface area contributed by atoms with Crippen LogP contribution in [0.4, 0.5) is 4.39 Å². The molecule has 2 rings (SSSR count). The van der Waals surface area contributed by atoms with Crippen molar-refractivity contribution in [2.24, 2.45) is 5.84 Å². The molecule has 1 unspecified atom stereocenters. The van der Waals surface area contributed by atoms with Gasteiger partial charge in [0.05, 0.1) is 17.9 Å². The van der Waals surface area contributed by atoms with Gasteiger partial charge in [0.1, 0.15) is 5.82 Å². The predicted molar refractivity (Wildman–Crippen MR) is 73.6 cm³/mol. The van der Waals surface area contributed by atoms with Crippen molar-refractivity contribution >= 4 is 15.9 Å². The number of hydrogen-bond donors (Lipinski definition) is 2. The summed E-state index contributed by atoms with van der Waals surface area (Å²) >= 11 is 3.35. The Morgan fingerprint density at radius 2 is 2.32 bits per heavy atom. The number of aromatic nitrogens is 3. The lowest BCUT2D eigenvalue weighted by Gasteiger charge is -2.19. The number of nitrogens with two attached hydrogens (primary N) is 1. The highest BCUT2D eigenvalue weighted by atomic mass is 79.9. The third-order valence-corrected chi connectivity index (χ3v) is 3.53. The highest BCUT2D eigenvalue weighted by Gasteiger charge is 2.23. The summed E-state index contributed by atoms with van der Waals surface area (Å²) in [6, 6.07) is 4.31. The maximum Gasteiger partial charge on any atom is 0.129 e. The molecule has 0 amide bonds. The van der Waals surface area contributed by atoms with Crippen LogP contribution in [0.1, 0.15) is 30.6 Å². The second-order valence-electron chi connectivity index (χ2n) is 4.12. The van der Waals surface area contributed by atoms with E-state index in [-0.39, 0.29) is 5.82 Å². The Kier molecular flexibility index (Phi) is 4.62. The maximum absolute atomic E-state index is 14.0. The fraction of sp³-hybridized carbons (Fsp3) is 0.333. The quantitative estimate of drug-likeness (QED) is 0.652. The lowest BCUT2D eigenvalue weighted by molar-refractivity contribution is 0.495. The molecule has 7 heteroatoms. The predicted octanol–water partition coefficient (Wildman–Crippen LogP) is 2.14. The SMILES string of the molecule is CCCn1nncc1C(NN)c1c(F)cccc1Br. The summed E-state index contributed by atoms with van der Waals surface area (Å²) in [4.78, 5) is 0. The molecule has 0 aliphatic rings. The van der Waals surface area contributed by atoms with Gasteiger partial charge in [-0.25, -0.2) is 14.5 Å². The fourth-order valence-corrected chi connectivity index (χ4v) is 2.55. The van der Waals surface area contributed by atoms with E-state index in [1.54, 1.807) is 23.0 Å². The summed E-state index contributed by atoms with van der Waals surface area (Å²) in [6.07, 6.45) is 2.51. The molecule has 1 atom stereocenters. The Labute approximate surface area is 119 Å². The number of rotatable bonds is 5. The van der Waals surface area contributed by atoms with Crippen LogP contribution in [0.5, 0.6) is 0 Å². The molecular weight excluding hydrogens is 313 g/mol. The Hall–Kier alpha value is -1.31. The van der Waals surface area contributed by atoms with E-state index >= 15 is 0 Å². The largest absolute Gasteiger partial charge is 0.271 e. The highest BCUT2D eigenvalue weighted by Crippen LogP contribution is 2.30. The molecule has 1 aromatic carbocycles. The number of benzene rings is 1. The zero-order valence-electron chi connectivity index (χ0n) is 10.5. The first-order chi connectivity index (χ1) is 9.19. The first-order valence-electron chi connectivity index (χ1n) is 5.97. The van der Waals surface area contributed by atoms with Crippen LogP contribution in [-0.4, -0.2) is 15.0 Å². The van der Waals surface area contributed by atoms with E-state index < -0.39 is 6.04 Å². The van der Waals surface area contributed by atoms with Crippen LogP contribution < -0.4 is 11.3 Å². The van der Waals surface area contributed by atoms with Gasteiger partial charge in [-0.3, -0.25) is 5.84 Å². The molecule has 0 bridgehead atoms. The standard InChI is InChI=1S/C12H15BrFN5/c1-2-6-19-10(7-16-18-19)12(17-15)11-8(13)4-3-5-9(11)14/h3-5,7,12,17H,2,6,15H2,1H3. The summed E-state index contributed by atoms with van der Waals surface area (Å²) in [5.41, 5.74) is 3.81. The van der Waals surface area contributed by atoms with Crippen LogP contribution in [0.3, 0.4) is 0 Å². The van der Waals surface area contributed by atoms with Crippen molar-refractivity contribution in [3.63, 3.8) is 0 Å². The molecule has 19 heavy (non-hydrogen) atoms. The highest BCUT2D eigenvalue weighted by molar-refractivity contribution is 9.10. The van der Waals surface area contributed by atoms with E-state index in [0.717, 1.165) is 12.1 Å². The molecule has 1 heterocycles. The van der Waals surface area contributed by atoms with E-state index in [0.29, 0.717) is 16.6 Å². The van der Waals surface area contributed by atoms with Crippen LogP contribution in [0.2, 0.25) is 0 Å².